The largest absolute Gasteiger partial charge is 0.455 e. The molecule has 4 radical (unpaired) electrons. The summed E-state index contributed by atoms with van der Waals surface area (Å²) in [5, 5.41) is 0. The van der Waals surface area contributed by atoms with Gasteiger partial charge in [-0.05, 0) is 104 Å². The van der Waals surface area contributed by atoms with Gasteiger partial charge in [0.1, 0.15) is 25.7 Å². The number of para-hydroxylation sites is 6. The van der Waals surface area contributed by atoms with Gasteiger partial charge < -0.3 is 4.74 Å². The molecule has 1 aliphatic rings. The highest BCUT2D eigenvalue weighted by molar-refractivity contribution is 8.64. The van der Waals surface area contributed by atoms with Gasteiger partial charge in [-0.3, -0.25) is 28.7 Å². The average Bonchev–Trinajstić information content (AvgIpc) is 3.75. The van der Waals surface area contributed by atoms with Gasteiger partial charge in [0.25, 0.3) is 0 Å². The minimum absolute atomic E-state index is 0.654. The molecule has 0 fully saturated rings. The maximum Gasteiger partial charge on any atom is 0.220 e. The molecule has 9 aromatic rings. The Morgan fingerprint density at radius 2 is 1.07 bits per heavy atom. The van der Waals surface area contributed by atoms with Crippen molar-refractivity contribution in [2.75, 3.05) is 25.0 Å². The van der Waals surface area contributed by atoms with Crippen LogP contribution in [0, 0.1) is 0 Å². The summed E-state index contributed by atoms with van der Waals surface area (Å²) in [5.74, 6) is 2.53. The van der Waals surface area contributed by atoms with Crippen LogP contribution in [0.15, 0.2) is 196 Å². The molecular formula is C48H41B2N3OS3. The van der Waals surface area contributed by atoms with Gasteiger partial charge in [0, 0.05) is 30.7 Å². The predicted molar refractivity (Wildman–Crippen MR) is 247 cm³/mol. The molecule has 0 atom stereocenters. The lowest BCUT2D eigenvalue weighted by Crippen LogP contribution is -2.41. The highest BCUT2D eigenvalue weighted by Crippen LogP contribution is 2.82. The number of imidazole rings is 2. The molecule has 0 aliphatic carbocycles. The summed E-state index contributed by atoms with van der Waals surface area (Å²) in [6, 6.07) is 63.0. The Hall–Kier alpha value is -5.21. The van der Waals surface area contributed by atoms with E-state index in [2.05, 4.69) is 204 Å². The van der Waals surface area contributed by atoms with Crippen LogP contribution in [0.2, 0.25) is 0 Å². The lowest BCUT2D eigenvalue weighted by Gasteiger charge is -2.63. The first-order valence-electron chi connectivity index (χ1n) is 18.9. The van der Waals surface area contributed by atoms with Gasteiger partial charge in [0.15, 0.2) is 0 Å². The van der Waals surface area contributed by atoms with E-state index >= 15 is 0 Å². The number of aromatic nitrogens is 3. The zero-order valence-corrected chi connectivity index (χ0v) is 34.8. The van der Waals surface area contributed by atoms with Crippen molar-refractivity contribution in [1.29, 1.82) is 0 Å². The fourth-order valence-corrected chi connectivity index (χ4v) is 20.7. The van der Waals surface area contributed by atoms with E-state index in [1.54, 1.807) is 0 Å². The van der Waals surface area contributed by atoms with Crippen molar-refractivity contribution in [3.8, 4) is 17.2 Å². The molecule has 9 heteroatoms. The Bertz CT molecular complexity index is 2930. The van der Waals surface area contributed by atoms with Crippen LogP contribution in [0.4, 0.5) is 0 Å². The van der Waals surface area contributed by atoms with Crippen LogP contribution < -0.4 is 4.74 Å². The summed E-state index contributed by atoms with van der Waals surface area (Å²) in [6.45, 7) is 0. The first kappa shape index (κ1) is 36.2. The van der Waals surface area contributed by atoms with E-state index in [1.165, 1.54) is 14.7 Å². The third-order valence-corrected chi connectivity index (χ3v) is 21.6. The molecule has 0 unspecified atom stereocenters. The molecule has 10 rings (SSSR count). The van der Waals surface area contributed by atoms with Crippen LogP contribution in [-0.2, 0) is 4.08 Å². The molecule has 0 saturated heterocycles. The number of fused-ring (bicyclic) bond motifs is 7. The number of benzene rings is 7. The number of rotatable bonds is 7. The quantitative estimate of drug-likeness (QED) is 0.151. The zero-order valence-electron chi connectivity index (χ0n) is 32.4. The second-order valence-corrected chi connectivity index (χ2v) is 25.6. The van der Waals surface area contributed by atoms with Gasteiger partial charge in [-0.25, -0.2) is 4.98 Å². The van der Waals surface area contributed by atoms with E-state index in [9.17, 15) is 0 Å². The molecule has 1 aliphatic heterocycles. The van der Waals surface area contributed by atoms with E-state index < -0.39 is 33.9 Å². The molecule has 0 N–H and O–H groups in total. The Labute approximate surface area is 341 Å². The minimum Gasteiger partial charge on any atom is -0.455 e. The molecule has 57 heavy (non-hydrogen) atoms. The molecule has 0 amide bonds. The average molecular weight is 794 g/mol. The smallest absolute Gasteiger partial charge is 0.220 e. The van der Waals surface area contributed by atoms with Crippen molar-refractivity contribution in [3.63, 3.8) is 0 Å². The lowest BCUT2D eigenvalue weighted by molar-refractivity contribution is 0.442. The highest BCUT2D eigenvalue weighted by Gasteiger charge is 2.54. The highest BCUT2D eigenvalue weighted by atomic mass is 32.3. The molecule has 4 nitrogen and oxygen atoms in total. The molecule has 7 aromatic carbocycles. The number of hydrogen-bond acceptors (Lipinski definition) is 2. The van der Waals surface area contributed by atoms with Crippen LogP contribution in [0.25, 0.3) is 33.5 Å². The van der Waals surface area contributed by atoms with Crippen molar-refractivity contribution in [2.45, 2.75) is 23.7 Å². The predicted octanol–water partition coefficient (Wildman–Crippen LogP) is 12.4. The maximum absolute atomic E-state index is 7.51. The van der Waals surface area contributed by atoms with E-state index in [-0.39, 0.29) is 0 Å². The third kappa shape index (κ3) is 5.11. The van der Waals surface area contributed by atoms with Crippen molar-refractivity contribution in [2.24, 2.45) is 0 Å². The zero-order chi connectivity index (χ0) is 39.2. The van der Waals surface area contributed by atoms with Crippen LogP contribution >= 0.6 is 29.8 Å². The summed E-state index contributed by atoms with van der Waals surface area (Å²) < 4.78 is 11.2. The van der Waals surface area contributed by atoms with Gasteiger partial charge in [0.05, 0.1) is 31.8 Å². The number of hydrogen-bond donors (Lipinski definition) is 0. The van der Waals surface area contributed by atoms with E-state index in [0.717, 1.165) is 61.1 Å². The van der Waals surface area contributed by atoms with E-state index in [4.69, 9.17) is 24.0 Å². The second-order valence-electron chi connectivity index (χ2n) is 15.5. The van der Waals surface area contributed by atoms with Crippen molar-refractivity contribution in [1.82, 2.24) is 14.0 Å². The standard InChI is InChI=1S/C48H41B2N3OS3/c1-55(2,49)48(56(3,4)50)38-25-11-16-31-44(38)54-46-39(48)26-18-32-45(46)57(35-20-7-5-8-21-35,36-22-9-6-10-23-36)37-24-17-19-34(33-37)52-42-29-14-15-30-43(42)53-41-28-13-12-27-40(41)51-47(52)53/h5-33H,1-4H3. The Morgan fingerprint density at radius 3 is 1.75 bits per heavy atom. The van der Waals surface area contributed by atoms with Gasteiger partial charge in [-0.15, -0.1) is 10.0 Å². The summed E-state index contributed by atoms with van der Waals surface area (Å²) in [7, 11) is 8.98. The van der Waals surface area contributed by atoms with Crippen molar-refractivity contribution in [3.05, 3.63) is 187 Å². The molecular weight excluding hydrogens is 752 g/mol. The Morgan fingerprint density at radius 1 is 0.526 bits per heavy atom. The number of nitrogens with zero attached hydrogens (tertiary/aromatic N) is 3. The normalized spacial score (nSPS) is 14.9. The van der Waals surface area contributed by atoms with Gasteiger partial charge >= 0.3 is 0 Å². The summed E-state index contributed by atoms with van der Waals surface area (Å²) >= 11 is 0. The summed E-state index contributed by atoms with van der Waals surface area (Å²) in [4.78, 5) is 9.90. The Kier molecular flexibility index (Phi) is 8.35. The monoisotopic (exact) mass is 793 g/mol. The van der Waals surface area contributed by atoms with Crippen molar-refractivity contribution >= 4 is 71.9 Å². The van der Waals surface area contributed by atoms with Crippen molar-refractivity contribution < 1.29 is 4.74 Å². The molecule has 2 aromatic heterocycles. The van der Waals surface area contributed by atoms with E-state index in [0.29, 0.717) is 0 Å². The second kappa shape index (κ2) is 13.2. The fraction of sp³-hybridized carbons (Fsp3) is 0.104. The molecule has 0 bridgehead atoms. The van der Waals surface area contributed by atoms with E-state index in [1.807, 2.05) is 6.07 Å². The van der Waals surface area contributed by atoms with Gasteiger partial charge in [-0.2, -0.15) is 0 Å². The van der Waals surface area contributed by atoms with Crippen LogP contribution in [0.5, 0.6) is 11.5 Å². The SMILES string of the molecule is [B]S(C)(C)C1(S([B])(C)C)c2ccccc2Oc2c1cccc2S(c1ccccc1)(c1ccccc1)c1cccc(-n2c3ccccc3n3c4ccccc4nc23)c1. The van der Waals surface area contributed by atoms with Gasteiger partial charge in [-0.1, -0.05) is 97.1 Å². The molecule has 278 valence electrons. The Balaban J connectivity index is 1.34. The lowest BCUT2D eigenvalue weighted by atomic mass is 9.99. The summed E-state index contributed by atoms with van der Waals surface area (Å²) in [6.07, 6.45) is 8.80. The number of ether oxygens (including phenoxy) is 1. The van der Waals surface area contributed by atoms with Crippen LogP contribution in [0.1, 0.15) is 11.1 Å². The first-order chi connectivity index (χ1) is 27.6. The fourth-order valence-electron chi connectivity index (χ4n) is 9.35. The van der Waals surface area contributed by atoms with Crippen LogP contribution in [-0.4, -0.2) is 53.2 Å². The topological polar surface area (TPSA) is 31.5 Å². The van der Waals surface area contributed by atoms with Gasteiger partial charge in [0.2, 0.25) is 5.78 Å². The molecule has 3 heterocycles. The van der Waals surface area contributed by atoms with Crippen LogP contribution in [0.3, 0.4) is 0 Å². The molecule has 0 saturated carbocycles. The third-order valence-electron chi connectivity index (χ3n) is 11.3. The maximum atomic E-state index is 7.51. The minimum atomic E-state index is -2.27. The summed E-state index contributed by atoms with van der Waals surface area (Å²) in [5.41, 5.74) is 7.40. The molecule has 0 spiro atoms. The first-order valence-corrected chi connectivity index (χ1v) is 25.6.